The second kappa shape index (κ2) is 9.33. The van der Waals surface area contributed by atoms with Gasteiger partial charge in [0.2, 0.25) is 0 Å². The summed E-state index contributed by atoms with van der Waals surface area (Å²) in [4.78, 5) is 16.3. The van der Waals surface area contributed by atoms with E-state index >= 15 is 0 Å². The molecule has 4 heterocycles. The van der Waals surface area contributed by atoms with Crippen molar-refractivity contribution in [2.45, 2.75) is 52.0 Å². The summed E-state index contributed by atoms with van der Waals surface area (Å²) in [5.41, 5.74) is 9.78. The lowest BCUT2D eigenvalue weighted by Gasteiger charge is -2.35. The first-order chi connectivity index (χ1) is 16.4. The van der Waals surface area contributed by atoms with Crippen LogP contribution in [0.1, 0.15) is 55.5 Å². The van der Waals surface area contributed by atoms with E-state index in [0.717, 1.165) is 74.0 Å². The highest BCUT2D eigenvalue weighted by Gasteiger charge is 2.29. The first kappa shape index (κ1) is 22.8. The van der Waals surface area contributed by atoms with Gasteiger partial charge in [-0.05, 0) is 49.4 Å². The Morgan fingerprint density at radius 1 is 1.18 bits per heavy atom. The van der Waals surface area contributed by atoms with Gasteiger partial charge in [-0.3, -0.25) is 0 Å². The van der Waals surface area contributed by atoms with Crippen molar-refractivity contribution in [3.8, 4) is 11.3 Å². The molecule has 5 rings (SSSR count). The third-order valence-corrected chi connectivity index (χ3v) is 7.21. The van der Waals surface area contributed by atoms with E-state index in [1.54, 1.807) is 13.3 Å². The second-order valence-corrected chi connectivity index (χ2v) is 10.0. The van der Waals surface area contributed by atoms with Crippen molar-refractivity contribution in [2.24, 2.45) is 5.92 Å². The van der Waals surface area contributed by atoms with E-state index in [4.69, 9.17) is 10.7 Å². The van der Waals surface area contributed by atoms with Crippen LogP contribution in [-0.4, -0.2) is 45.7 Å². The summed E-state index contributed by atoms with van der Waals surface area (Å²) in [7, 11) is 0. The number of nitrogens with one attached hydrogen (secondary N) is 1. The van der Waals surface area contributed by atoms with E-state index in [9.17, 15) is 4.39 Å². The summed E-state index contributed by atoms with van der Waals surface area (Å²) in [5, 5.41) is 3.37. The molecule has 3 aromatic rings. The number of rotatable bonds is 6. The molecule has 0 atom stereocenters. The number of imidazole rings is 1. The van der Waals surface area contributed by atoms with Crippen molar-refractivity contribution in [2.75, 3.05) is 36.8 Å². The number of aromatic nitrogens is 4. The van der Waals surface area contributed by atoms with Crippen molar-refractivity contribution < 1.29 is 4.39 Å². The zero-order valence-electron chi connectivity index (χ0n) is 20.3. The number of piperidine rings is 1. The van der Waals surface area contributed by atoms with Crippen LogP contribution in [0.3, 0.4) is 0 Å². The average molecular weight is 464 g/mol. The molecular weight excluding hydrogens is 429 g/mol. The van der Waals surface area contributed by atoms with Gasteiger partial charge in [0.15, 0.2) is 0 Å². The maximum atomic E-state index is 13.8. The molecule has 2 aliphatic rings. The van der Waals surface area contributed by atoms with E-state index < -0.39 is 0 Å². The summed E-state index contributed by atoms with van der Waals surface area (Å²) < 4.78 is 16.2. The van der Waals surface area contributed by atoms with E-state index in [1.165, 1.54) is 6.07 Å². The first-order valence-corrected chi connectivity index (χ1v) is 12.3. The lowest BCUT2D eigenvalue weighted by Crippen LogP contribution is -2.44. The van der Waals surface area contributed by atoms with Crippen LogP contribution in [-0.2, 0) is 6.54 Å². The van der Waals surface area contributed by atoms with Crippen LogP contribution in [0.2, 0.25) is 0 Å². The SMILES string of the molecule is Cc1cc(-c2cn(CC3CNC3)c(C3CCN(c4ncnc(N)c4C(C)C)CC3)n2)ccc1F. The highest BCUT2D eigenvalue weighted by Crippen LogP contribution is 2.35. The fourth-order valence-corrected chi connectivity index (χ4v) is 5.16. The number of benzene rings is 1. The fourth-order valence-electron chi connectivity index (χ4n) is 5.16. The summed E-state index contributed by atoms with van der Waals surface area (Å²) in [5.74, 6) is 3.79. The number of aryl methyl sites for hydroxylation is 1. The highest BCUT2D eigenvalue weighted by atomic mass is 19.1. The Kier molecular flexibility index (Phi) is 6.25. The molecule has 2 aliphatic heterocycles. The van der Waals surface area contributed by atoms with Crippen LogP contribution in [0, 0.1) is 18.7 Å². The number of hydrogen-bond donors (Lipinski definition) is 2. The molecule has 0 unspecified atom stereocenters. The van der Waals surface area contributed by atoms with Gasteiger partial charge in [0.1, 0.15) is 29.6 Å². The maximum absolute atomic E-state index is 13.8. The molecule has 0 saturated carbocycles. The topological polar surface area (TPSA) is 84.9 Å². The Labute approximate surface area is 200 Å². The number of nitrogens with two attached hydrogens (primary N) is 1. The molecule has 3 N–H and O–H groups in total. The fraction of sp³-hybridized carbons (Fsp3) is 0.500. The van der Waals surface area contributed by atoms with Crippen LogP contribution in [0.4, 0.5) is 16.0 Å². The van der Waals surface area contributed by atoms with Gasteiger partial charge in [0, 0.05) is 61.9 Å². The quantitative estimate of drug-likeness (QED) is 0.573. The Bertz CT molecular complexity index is 1160. The number of anilines is 2. The molecule has 2 saturated heterocycles. The second-order valence-electron chi connectivity index (χ2n) is 10.0. The van der Waals surface area contributed by atoms with Gasteiger partial charge in [-0.2, -0.15) is 0 Å². The van der Waals surface area contributed by atoms with E-state index in [1.807, 2.05) is 12.1 Å². The molecule has 1 aromatic carbocycles. The normalized spacial score (nSPS) is 17.4. The van der Waals surface area contributed by atoms with E-state index in [0.29, 0.717) is 23.2 Å². The van der Waals surface area contributed by atoms with Gasteiger partial charge >= 0.3 is 0 Å². The van der Waals surface area contributed by atoms with E-state index in [-0.39, 0.29) is 11.7 Å². The Morgan fingerprint density at radius 3 is 2.59 bits per heavy atom. The van der Waals surface area contributed by atoms with Gasteiger partial charge in [-0.15, -0.1) is 0 Å². The van der Waals surface area contributed by atoms with Gasteiger partial charge in [0.25, 0.3) is 0 Å². The van der Waals surface area contributed by atoms with Crippen LogP contribution in [0.15, 0.2) is 30.7 Å². The predicted molar refractivity (Wildman–Crippen MR) is 133 cm³/mol. The molecule has 0 amide bonds. The molecule has 180 valence electrons. The lowest BCUT2D eigenvalue weighted by molar-refractivity contribution is 0.299. The van der Waals surface area contributed by atoms with Crippen LogP contribution < -0.4 is 16.0 Å². The largest absolute Gasteiger partial charge is 0.383 e. The molecule has 2 fully saturated rings. The molecule has 0 aliphatic carbocycles. The zero-order chi connectivity index (χ0) is 23.8. The number of nitrogens with zero attached hydrogens (tertiary/aromatic N) is 5. The summed E-state index contributed by atoms with van der Waals surface area (Å²) >= 11 is 0. The van der Waals surface area contributed by atoms with Crippen molar-refractivity contribution in [1.82, 2.24) is 24.8 Å². The molecular formula is C26H34FN7. The van der Waals surface area contributed by atoms with Gasteiger partial charge in [-0.1, -0.05) is 13.8 Å². The molecule has 2 aromatic heterocycles. The third kappa shape index (κ3) is 4.39. The minimum absolute atomic E-state index is 0.178. The van der Waals surface area contributed by atoms with Crippen molar-refractivity contribution in [3.63, 3.8) is 0 Å². The predicted octanol–water partition coefficient (Wildman–Crippen LogP) is 4.10. The lowest BCUT2D eigenvalue weighted by atomic mass is 9.94. The summed E-state index contributed by atoms with van der Waals surface area (Å²) in [6.45, 7) is 11.0. The smallest absolute Gasteiger partial charge is 0.137 e. The van der Waals surface area contributed by atoms with Crippen LogP contribution in [0.5, 0.6) is 0 Å². The first-order valence-electron chi connectivity index (χ1n) is 12.3. The Hall–Kier alpha value is -3.00. The van der Waals surface area contributed by atoms with Crippen LogP contribution in [0.25, 0.3) is 11.3 Å². The van der Waals surface area contributed by atoms with Crippen LogP contribution >= 0.6 is 0 Å². The van der Waals surface area contributed by atoms with E-state index in [2.05, 4.69) is 44.8 Å². The molecule has 8 heteroatoms. The van der Waals surface area contributed by atoms with Gasteiger partial charge in [-0.25, -0.2) is 19.3 Å². The monoisotopic (exact) mass is 463 g/mol. The van der Waals surface area contributed by atoms with Crippen molar-refractivity contribution in [1.29, 1.82) is 0 Å². The number of halogens is 1. The molecule has 7 nitrogen and oxygen atoms in total. The standard InChI is InChI=1S/C26H34FN7/c1-16(2)23-24(28)30-15-31-26(23)33-8-6-19(7-9-33)25-32-22(14-34(25)13-18-11-29-12-18)20-4-5-21(27)17(3)10-20/h4-5,10,14-16,18-19,29H,6-9,11-13H2,1-3H3,(H2,28,30,31). The van der Waals surface area contributed by atoms with Crippen molar-refractivity contribution >= 4 is 11.6 Å². The molecule has 0 bridgehead atoms. The maximum Gasteiger partial charge on any atom is 0.137 e. The van der Waals surface area contributed by atoms with Crippen molar-refractivity contribution in [3.05, 3.63) is 53.5 Å². The molecule has 0 spiro atoms. The minimum atomic E-state index is -0.178. The molecule has 34 heavy (non-hydrogen) atoms. The Morgan fingerprint density at radius 2 is 1.94 bits per heavy atom. The van der Waals surface area contributed by atoms with Gasteiger partial charge < -0.3 is 20.5 Å². The number of hydrogen-bond acceptors (Lipinski definition) is 6. The average Bonchev–Trinajstić information content (AvgIpc) is 3.22. The summed E-state index contributed by atoms with van der Waals surface area (Å²) in [6.07, 6.45) is 5.74. The highest BCUT2D eigenvalue weighted by molar-refractivity contribution is 5.60. The Balaban J connectivity index is 1.39. The summed E-state index contributed by atoms with van der Waals surface area (Å²) in [6, 6.07) is 5.27. The zero-order valence-corrected chi connectivity index (χ0v) is 20.3. The minimum Gasteiger partial charge on any atom is -0.383 e. The van der Waals surface area contributed by atoms with Gasteiger partial charge in [0.05, 0.1) is 5.69 Å². The number of nitrogen functional groups attached to an aromatic ring is 1. The third-order valence-electron chi connectivity index (χ3n) is 7.21. The molecule has 0 radical (unpaired) electrons.